The number of halogens is 6. The third kappa shape index (κ3) is 7.35. The monoisotopic (exact) mass is 574 g/mol. The van der Waals surface area contributed by atoms with Gasteiger partial charge in [-0.2, -0.15) is 0 Å². The maximum absolute atomic E-state index is 12.0. The summed E-state index contributed by atoms with van der Waals surface area (Å²) < 4.78 is 19.7. The molecule has 2 aromatic rings. The molecule has 33 heavy (non-hydrogen) atoms. The molecule has 12 heteroatoms. The largest absolute Gasteiger partial charge is 0.480 e. The Labute approximate surface area is 219 Å². The van der Waals surface area contributed by atoms with Crippen LogP contribution in [0, 0.1) is 11.8 Å². The van der Waals surface area contributed by atoms with Gasteiger partial charge >= 0.3 is 11.9 Å². The Balaban J connectivity index is 1.37. The molecule has 0 bridgehead atoms. The lowest BCUT2D eigenvalue weighted by atomic mass is 10.3. The molecule has 0 aliphatic heterocycles. The number of rotatable bonds is 10. The van der Waals surface area contributed by atoms with Gasteiger partial charge in [-0.3, -0.25) is 0 Å². The highest BCUT2D eigenvalue weighted by Gasteiger charge is 2.64. The summed E-state index contributed by atoms with van der Waals surface area (Å²) in [6.45, 7) is -0.864. The number of esters is 2. The van der Waals surface area contributed by atoms with Crippen molar-refractivity contribution in [2.45, 2.75) is 4.33 Å². The molecule has 0 saturated heterocycles. The predicted molar refractivity (Wildman–Crippen MR) is 127 cm³/mol. The second kappa shape index (κ2) is 11.4. The first-order valence-electron chi connectivity index (χ1n) is 9.42. The van der Waals surface area contributed by atoms with Gasteiger partial charge in [-0.25, -0.2) is 9.59 Å². The van der Waals surface area contributed by atoms with Crippen molar-refractivity contribution in [3.8, 4) is 11.5 Å². The van der Waals surface area contributed by atoms with Gasteiger partial charge in [0.05, 0.1) is 23.3 Å². The molecule has 0 spiro atoms. The van der Waals surface area contributed by atoms with Gasteiger partial charge in [0.25, 0.3) is 0 Å². The fraction of sp³-hybridized carbons (Fsp3) is 0.333. The molecule has 0 heterocycles. The van der Waals surface area contributed by atoms with Gasteiger partial charge in [0.2, 0.25) is 0 Å². The van der Waals surface area contributed by atoms with E-state index in [-0.39, 0.29) is 36.5 Å². The SMILES string of the molecule is O=C(COc1ccc(Cl)cc1Cl)OC[C@@H]1[C@H](COC(=O)COc2ccc(Cl)cc2Cl)C1(Cl)Cl. The van der Waals surface area contributed by atoms with Crippen LogP contribution in [0.25, 0.3) is 0 Å². The van der Waals surface area contributed by atoms with E-state index in [4.69, 9.17) is 88.6 Å². The van der Waals surface area contributed by atoms with E-state index in [2.05, 4.69) is 0 Å². The number of hydrogen-bond donors (Lipinski definition) is 0. The molecule has 0 aromatic heterocycles. The summed E-state index contributed by atoms with van der Waals surface area (Å²) in [5.74, 6) is -1.52. The van der Waals surface area contributed by atoms with Gasteiger partial charge in [-0.15, -0.1) is 23.2 Å². The number of carbonyl (C=O) groups excluding carboxylic acids is 2. The Morgan fingerprint density at radius 3 is 1.48 bits per heavy atom. The smallest absolute Gasteiger partial charge is 0.344 e. The summed E-state index contributed by atoms with van der Waals surface area (Å²) in [6.07, 6.45) is 0. The third-order valence-electron chi connectivity index (χ3n) is 4.69. The molecule has 1 aliphatic carbocycles. The molecule has 0 amide bonds. The number of carbonyl (C=O) groups is 2. The molecule has 178 valence electrons. The van der Waals surface area contributed by atoms with Crippen LogP contribution < -0.4 is 9.47 Å². The molecule has 1 saturated carbocycles. The molecule has 2 atom stereocenters. The quantitative estimate of drug-likeness (QED) is 0.245. The molecule has 0 radical (unpaired) electrons. The van der Waals surface area contributed by atoms with E-state index in [9.17, 15) is 9.59 Å². The van der Waals surface area contributed by atoms with Gasteiger partial charge in [0.1, 0.15) is 15.8 Å². The van der Waals surface area contributed by atoms with Crippen LogP contribution in [0.4, 0.5) is 0 Å². The minimum atomic E-state index is -1.19. The van der Waals surface area contributed by atoms with E-state index in [1.54, 1.807) is 12.1 Å². The van der Waals surface area contributed by atoms with E-state index in [1.165, 1.54) is 24.3 Å². The standard InChI is InChI=1S/C21H16Cl6O6/c22-11-1-3-17(15(24)5-11)30-9-19(28)32-7-13-14(21(13,26)27)8-33-20(29)10-31-18-4-2-12(23)6-16(18)25/h1-6,13-14H,7-10H2/t13-,14+. The van der Waals surface area contributed by atoms with Gasteiger partial charge in [-0.1, -0.05) is 46.4 Å². The first-order chi connectivity index (χ1) is 15.6. The number of ether oxygens (including phenoxy) is 4. The van der Waals surface area contributed by atoms with Crippen LogP contribution in [-0.4, -0.2) is 42.7 Å². The second-order valence-electron chi connectivity index (χ2n) is 6.98. The van der Waals surface area contributed by atoms with E-state index < -0.39 is 28.1 Å². The van der Waals surface area contributed by atoms with Crippen LogP contribution in [-0.2, 0) is 19.1 Å². The average Bonchev–Trinajstić information content (AvgIpc) is 3.28. The highest BCUT2D eigenvalue weighted by Crippen LogP contribution is 2.59. The van der Waals surface area contributed by atoms with Crippen molar-refractivity contribution in [2.24, 2.45) is 11.8 Å². The maximum Gasteiger partial charge on any atom is 0.344 e. The molecular weight excluding hydrogens is 561 g/mol. The van der Waals surface area contributed by atoms with E-state index >= 15 is 0 Å². The lowest BCUT2D eigenvalue weighted by Gasteiger charge is -2.09. The molecule has 2 aromatic carbocycles. The lowest BCUT2D eigenvalue weighted by Crippen LogP contribution is -2.18. The minimum Gasteiger partial charge on any atom is -0.480 e. The van der Waals surface area contributed by atoms with Gasteiger partial charge < -0.3 is 18.9 Å². The van der Waals surface area contributed by atoms with Crippen molar-refractivity contribution in [1.82, 2.24) is 0 Å². The topological polar surface area (TPSA) is 71.1 Å². The Bertz CT molecular complexity index is 951. The Kier molecular flexibility index (Phi) is 9.12. The molecule has 1 fully saturated rings. The maximum atomic E-state index is 12.0. The third-order valence-corrected chi connectivity index (χ3v) is 6.87. The Morgan fingerprint density at radius 1 is 0.727 bits per heavy atom. The Hall–Kier alpha value is -1.28. The zero-order chi connectivity index (χ0) is 24.2. The van der Waals surface area contributed by atoms with Crippen molar-refractivity contribution >= 4 is 81.5 Å². The normalized spacial score (nSPS) is 18.4. The predicted octanol–water partition coefficient (Wildman–Crippen LogP) is 6.26. The number of alkyl halides is 2. The van der Waals surface area contributed by atoms with Crippen LogP contribution in [0.5, 0.6) is 11.5 Å². The summed E-state index contributed by atoms with van der Waals surface area (Å²) in [5, 5.41) is 1.41. The molecule has 0 N–H and O–H groups in total. The van der Waals surface area contributed by atoms with Crippen LogP contribution in [0.15, 0.2) is 36.4 Å². The van der Waals surface area contributed by atoms with Gasteiger partial charge in [-0.05, 0) is 36.4 Å². The van der Waals surface area contributed by atoms with Crippen LogP contribution in [0.2, 0.25) is 20.1 Å². The summed E-state index contributed by atoms with van der Waals surface area (Å²) in [4.78, 5) is 23.9. The summed E-state index contributed by atoms with van der Waals surface area (Å²) in [6, 6.07) is 9.21. The van der Waals surface area contributed by atoms with E-state index in [0.717, 1.165) is 0 Å². The molecule has 1 aliphatic rings. The molecule has 6 nitrogen and oxygen atoms in total. The first-order valence-corrected chi connectivity index (χ1v) is 11.7. The minimum absolute atomic E-state index is 0.0668. The van der Waals surface area contributed by atoms with Crippen LogP contribution in [0.3, 0.4) is 0 Å². The summed E-state index contributed by atoms with van der Waals surface area (Å²) in [7, 11) is 0. The van der Waals surface area contributed by atoms with Crippen molar-refractivity contribution < 1.29 is 28.5 Å². The van der Waals surface area contributed by atoms with Crippen LogP contribution >= 0.6 is 69.6 Å². The van der Waals surface area contributed by atoms with Gasteiger partial charge in [0.15, 0.2) is 13.2 Å². The van der Waals surface area contributed by atoms with E-state index in [0.29, 0.717) is 21.5 Å². The van der Waals surface area contributed by atoms with Crippen molar-refractivity contribution in [2.75, 3.05) is 26.4 Å². The zero-order valence-corrected chi connectivity index (χ0v) is 21.2. The fourth-order valence-corrected chi connectivity index (χ4v) is 4.48. The first kappa shape index (κ1) is 26.3. The molecule has 0 unspecified atom stereocenters. The number of hydrogen-bond acceptors (Lipinski definition) is 6. The van der Waals surface area contributed by atoms with Gasteiger partial charge in [0, 0.05) is 21.9 Å². The molecular formula is C21H16Cl6O6. The highest BCUT2D eigenvalue weighted by molar-refractivity contribution is 6.51. The summed E-state index contributed by atoms with van der Waals surface area (Å²) >= 11 is 36.0. The van der Waals surface area contributed by atoms with Crippen molar-refractivity contribution in [3.05, 3.63) is 56.5 Å². The fourth-order valence-electron chi connectivity index (χ4n) is 2.82. The average molecular weight is 577 g/mol. The highest BCUT2D eigenvalue weighted by atomic mass is 35.5. The van der Waals surface area contributed by atoms with Crippen molar-refractivity contribution in [1.29, 1.82) is 0 Å². The lowest BCUT2D eigenvalue weighted by molar-refractivity contribution is -0.148. The van der Waals surface area contributed by atoms with E-state index in [1.807, 2.05) is 0 Å². The number of benzene rings is 2. The Morgan fingerprint density at radius 2 is 1.12 bits per heavy atom. The van der Waals surface area contributed by atoms with Crippen LogP contribution in [0.1, 0.15) is 0 Å². The zero-order valence-electron chi connectivity index (χ0n) is 16.7. The molecule has 3 rings (SSSR count). The van der Waals surface area contributed by atoms with Crippen molar-refractivity contribution in [3.63, 3.8) is 0 Å². The summed E-state index contributed by atoms with van der Waals surface area (Å²) in [5.41, 5.74) is 0. The second-order valence-corrected chi connectivity index (χ2v) is 10.1.